The predicted octanol–water partition coefficient (Wildman–Crippen LogP) is 4.07. The van der Waals surface area contributed by atoms with E-state index in [-0.39, 0.29) is 4.90 Å². The molecule has 2 aromatic carbocycles. The van der Waals surface area contributed by atoms with Gasteiger partial charge in [-0.3, -0.25) is 4.72 Å². The molecule has 0 radical (unpaired) electrons. The van der Waals surface area contributed by atoms with E-state index >= 15 is 0 Å². The van der Waals surface area contributed by atoms with E-state index in [2.05, 4.69) is 9.88 Å². The summed E-state index contributed by atoms with van der Waals surface area (Å²) >= 11 is 0. The number of hydrogen-bond donors (Lipinski definition) is 1. The molecular formula is C18H18N2O3S. The van der Waals surface area contributed by atoms with Gasteiger partial charge in [-0.1, -0.05) is 35.5 Å². The van der Waals surface area contributed by atoms with Gasteiger partial charge in [-0.15, -0.1) is 0 Å². The van der Waals surface area contributed by atoms with Gasteiger partial charge in [-0.2, -0.15) is 0 Å². The Hall–Kier alpha value is -2.60. The molecule has 6 heteroatoms. The summed E-state index contributed by atoms with van der Waals surface area (Å²) in [7, 11) is -3.63. The van der Waals surface area contributed by atoms with Gasteiger partial charge in [-0.25, -0.2) is 8.42 Å². The summed E-state index contributed by atoms with van der Waals surface area (Å²) in [6.07, 6.45) is 0. The Morgan fingerprint density at radius 3 is 2.21 bits per heavy atom. The summed E-state index contributed by atoms with van der Waals surface area (Å²) in [5.74, 6) is 0.709. The van der Waals surface area contributed by atoms with Crippen LogP contribution in [0.3, 0.4) is 0 Å². The van der Waals surface area contributed by atoms with Crippen molar-refractivity contribution in [2.24, 2.45) is 0 Å². The Labute approximate surface area is 141 Å². The summed E-state index contributed by atoms with van der Waals surface area (Å²) in [5.41, 5.74) is 3.99. The first-order valence-electron chi connectivity index (χ1n) is 7.50. The van der Waals surface area contributed by atoms with E-state index in [9.17, 15) is 8.42 Å². The summed E-state index contributed by atoms with van der Waals surface area (Å²) in [4.78, 5) is 0.210. The van der Waals surface area contributed by atoms with Crippen LogP contribution in [-0.4, -0.2) is 13.6 Å². The highest BCUT2D eigenvalue weighted by Crippen LogP contribution is 2.28. The fourth-order valence-electron chi connectivity index (χ4n) is 2.59. The number of hydrogen-bond acceptors (Lipinski definition) is 4. The fraction of sp³-hybridized carbons (Fsp3) is 0.167. The summed E-state index contributed by atoms with van der Waals surface area (Å²) in [5, 5.41) is 3.92. The quantitative estimate of drug-likeness (QED) is 0.776. The lowest BCUT2D eigenvalue weighted by molar-refractivity contribution is 0.393. The Bertz CT molecular complexity index is 954. The van der Waals surface area contributed by atoms with Crippen molar-refractivity contribution in [1.29, 1.82) is 0 Å². The van der Waals surface area contributed by atoms with Crippen LogP contribution in [0.4, 0.5) is 5.69 Å². The van der Waals surface area contributed by atoms with Crippen molar-refractivity contribution < 1.29 is 12.9 Å². The van der Waals surface area contributed by atoms with Crippen molar-refractivity contribution in [1.82, 2.24) is 5.16 Å². The molecule has 0 spiro atoms. The van der Waals surface area contributed by atoms with E-state index < -0.39 is 10.0 Å². The topological polar surface area (TPSA) is 72.2 Å². The second-order valence-electron chi connectivity index (χ2n) is 5.64. The van der Waals surface area contributed by atoms with Crippen LogP contribution in [0.25, 0.3) is 11.1 Å². The molecule has 1 N–H and O–H groups in total. The van der Waals surface area contributed by atoms with Crippen LogP contribution in [0, 0.1) is 20.8 Å². The third-order valence-corrected chi connectivity index (χ3v) is 5.26. The van der Waals surface area contributed by atoms with Crippen molar-refractivity contribution >= 4 is 15.7 Å². The normalized spacial score (nSPS) is 11.5. The molecule has 3 rings (SSSR count). The zero-order valence-corrected chi connectivity index (χ0v) is 14.5. The second-order valence-corrected chi connectivity index (χ2v) is 7.33. The van der Waals surface area contributed by atoms with Crippen LogP contribution in [0.15, 0.2) is 57.9 Å². The maximum Gasteiger partial charge on any atom is 0.261 e. The average molecular weight is 342 g/mol. The Morgan fingerprint density at radius 2 is 1.62 bits per heavy atom. The predicted molar refractivity (Wildman–Crippen MR) is 93.4 cm³/mol. The average Bonchev–Trinajstić information content (AvgIpc) is 2.88. The molecule has 0 amide bonds. The van der Waals surface area contributed by atoms with E-state index in [1.54, 1.807) is 36.4 Å². The Kier molecular flexibility index (Phi) is 4.15. The van der Waals surface area contributed by atoms with Crippen LogP contribution >= 0.6 is 0 Å². The van der Waals surface area contributed by atoms with Gasteiger partial charge in [0, 0.05) is 5.56 Å². The van der Waals surface area contributed by atoms with Gasteiger partial charge in [0.05, 0.1) is 16.3 Å². The second kappa shape index (κ2) is 6.13. The van der Waals surface area contributed by atoms with Crippen molar-refractivity contribution in [3.05, 3.63) is 65.5 Å². The van der Waals surface area contributed by atoms with Crippen molar-refractivity contribution in [3.63, 3.8) is 0 Å². The Balaban J connectivity index is 1.91. The number of aryl methyl sites for hydroxylation is 3. The molecule has 0 saturated heterocycles. The lowest BCUT2D eigenvalue weighted by Gasteiger charge is -2.11. The number of rotatable bonds is 4. The largest absolute Gasteiger partial charge is 0.361 e. The minimum atomic E-state index is -3.63. The Morgan fingerprint density at radius 1 is 0.958 bits per heavy atom. The fourth-order valence-corrected chi connectivity index (χ4v) is 3.72. The maximum atomic E-state index is 12.5. The van der Waals surface area contributed by atoms with E-state index in [1.807, 2.05) is 32.9 Å². The standard InChI is InChI=1S/C18H18N2O3S/c1-12-6-4-5-7-17(12)20-24(21,22)16-10-8-15(9-11-16)18-13(2)19-23-14(18)3/h4-11,20H,1-3H3. The number of benzene rings is 2. The highest BCUT2D eigenvalue weighted by molar-refractivity contribution is 7.92. The van der Waals surface area contributed by atoms with Gasteiger partial charge < -0.3 is 4.52 Å². The highest BCUT2D eigenvalue weighted by atomic mass is 32.2. The molecule has 1 aromatic heterocycles. The molecule has 0 unspecified atom stereocenters. The molecule has 0 aliphatic carbocycles. The van der Waals surface area contributed by atoms with Crippen LogP contribution in [0.1, 0.15) is 17.0 Å². The van der Waals surface area contributed by atoms with E-state index in [0.29, 0.717) is 11.4 Å². The van der Waals surface area contributed by atoms with Crippen LogP contribution in [-0.2, 0) is 10.0 Å². The zero-order chi connectivity index (χ0) is 17.3. The van der Waals surface area contributed by atoms with E-state index in [0.717, 1.165) is 22.4 Å². The number of nitrogens with zero attached hydrogens (tertiary/aromatic N) is 1. The summed E-state index contributed by atoms with van der Waals surface area (Å²) in [6, 6.07) is 14.0. The lowest BCUT2D eigenvalue weighted by atomic mass is 10.0. The number of sulfonamides is 1. The minimum Gasteiger partial charge on any atom is -0.361 e. The molecule has 0 saturated carbocycles. The molecule has 0 atom stereocenters. The van der Waals surface area contributed by atoms with Crippen LogP contribution < -0.4 is 4.72 Å². The van der Waals surface area contributed by atoms with Gasteiger partial charge in [-0.05, 0) is 50.1 Å². The molecule has 0 bridgehead atoms. The van der Waals surface area contributed by atoms with Crippen molar-refractivity contribution in [2.75, 3.05) is 4.72 Å². The molecular weight excluding hydrogens is 324 g/mol. The van der Waals surface area contributed by atoms with Crippen molar-refractivity contribution in [2.45, 2.75) is 25.7 Å². The summed E-state index contributed by atoms with van der Waals surface area (Å²) in [6.45, 7) is 5.55. The summed E-state index contributed by atoms with van der Waals surface area (Å²) < 4.78 is 32.9. The first-order valence-corrected chi connectivity index (χ1v) is 8.98. The number of para-hydroxylation sites is 1. The minimum absolute atomic E-state index is 0.210. The van der Waals surface area contributed by atoms with Gasteiger partial charge in [0.25, 0.3) is 10.0 Å². The van der Waals surface area contributed by atoms with Crippen molar-refractivity contribution in [3.8, 4) is 11.1 Å². The van der Waals surface area contributed by atoms with Gasteiger partial charge in [0.15, 0.2) is 0 Å². The SMILES string of the molecule is Cc1ccccc1NS(=O)(=O)c1ccc(-c2c(C)noc2C)cc1. The monoisotopic (exact) mass is 342 g/mol. The highest BCUT2D eigenvalue weighted by Gasteiger charge is 2.17. The molecule has 124 valence electrons. The number of nitrogens with one attached hydrogen (secondary N) is 1. The first kappa shape index (κ1) is 16.3. The third-order valence-electron chi connectivity index (χ3n) is 3.88. The van der Waals surface area contributed by atoms with Gasteiger partial charge in [0.1, 0.15) is 5.76 Å². The zero-order valence-electron chi connectivity index (χ0n) is 13.7. The van der Waals surface area contributed by atoms with Gasteiger partial charge >= 0.3 is 0 Å². The number of anilines is 1. The first-order chi connectivity index (χ1) is 11.4. The molecule has 0 fully saturated rings. The molecule has 1 heterocycles. The molecule has 24 heavy (non-hydrogen) atoms. The van der Waals surface area contributed by atoms with E-state index in [1.165, 1.54) is 0 Å². The molecule has 0 aliphatic heterocycles. The number of aromatic nitrogens is 1. The maximum absolute atomic E-state index is 12.5. The smallest absolute Gasteiger partial charge is 0.261 e. The third kappa shape index (κ3) is 3.05. The molecule has 3 aromatic rings. The van der Waals surface area contributed by atoms with Crippen LogP contribution in [0.2, 0.25) is 0 Å². The molecule has 0 aliphatic rings. The van der Waals surface area contributed by atoms with E-state index in [4.69, 9.17) is 4.52 Å². The molecule has 5 nitrogen and oxygen atoms in total. The lowest BCUT2D eigenvalue weighted by Crippen LogP contribution is -2.13. The van der Waals surface area contributed by atoms with Gasteiger partial charge in [0.2, 0.25) is 0 Å². The van der Waals surface area contributed by atoms with Crippen LogP contribution in [0.5, 0.6) is 0 Å².